The van der Waals surface area contributed by atoms with Gasteiger partial charge < -0.3 is 9.47 Å². The van der Waals surface area contributed by atoms with E-state index in [1.54, 1.807) is 0 Å². The molecule has 0 aromatic heterocycles. The topological polar surface area (TPSA) is 35.5 Å². The number of benzene rings is 1. The Morgan fingerprint density at radius 2 is 1.94 bits per heavy atom. The second-order valence-corrected chi connectivity index (χ2v) is 4.71. The van der Waals surface area contributed by atoms with E-state index in [4.69, 9.17) is 9.47 Å². The third-order valence-electron chi connectivity index (χ3n) is 2.97. The van der Waals surface area contributed by atoms with E-state index in [1.165, 1.54) is 12.7 Å². The fourth-order valence-electron chi connectivity index (χ4n) is 2.04. The fourth-order valence-corrected chi connectivity index (χ4v) is 2.04. The summed E-state index contributed by atoms with van der Waals surface area (Å²) in [6.45, 7) is 4.00. The highest BCUT2D eigenvalue weighted by Crippen LogP contribution is 2.48. The van der Waals surface area contributed by atoms with Crippen molar-refractivity contribution in [3.63, 3.8) is 0 Å². The average Bonchev–Trinajstić information content (AvgIpc) is 3.08. The Morgan fingerprint density at radius 1 is 1.29 bits per heavy atom. The molecule has 17 heavy (non-hydrogen) atoms. The first-order chi connectivity index (χ1) is 8.11. The van der Waals surface area contributed by atoms with Crippen molar-refractivity contribution in [3.8, 4) is 5.75 Å². The lowest BCUT2D eigenvalue weighted by Crippen LogP contribution is -2.05. The summed E-state index contributed by atoms with van der Waals surface area (Å²) in [6, 6.07) is 7.99. The molecule has 0 aliphatic heterocycles. The van der Waals surface area contributed by atoms with Crippen LogP contribution in [0.4, 0.5) is 0 Å². The number of ether oxygens (including phenoxy) is 2. The Hall–Kier alpha value is -1.51. The van der Waals surface area contributed by atoms with E-state index >= 15 is 0 Å². The molecule has 3 nitrogen and oxygen atoms in total. The maximum atomic E-state index is 11.3. The molecule has 3 heteroatoms. The van der Waals surface area contributed by atoms with E-state index in [1.807, 2.05) is 38.1 Å². The van der Waals surface area contributed by atoms with Crippen molar-refractivity contribution in [1.29, 1.82) is 0 Å². The molecule has 1 aromatic rings. The van der Waals surface area contributed by atoms with E-state index in [2.05, 4.69) is 0 Å². The molecule has 1 aliphatic rings. The van der Waals surface area contributed by atoms with Crippen LogP contribution in [0.2, 0.25) is 0 Å². The lowest BCUT2D eigenvalue weighted by molar-refractivity contribution is -0.142. The van der Waals surface area contributed by atoms with E-state index < -0.39 is 0 Å². The number of hydrogen-bond acceptors (Lipinski definition) is 3. The van der Waals surface area contributed by atoms with Crippen molar-refractivity contribution in [2.24, 2.45) is 5.92 Å². The SMILES string of the molecule is COC(=O)C1CC1c1ccc(OC(C)C)cc1. The minimum absolute atomic E-state index is 0.0527. The highest BCUT2D eigenvalue weighted by molar-refractivity contribution is 5.77. The minimum Gasteiger partial charge on any atom is -0.491 e. The van der Waals surface area contributed by atoms with Crippen LogP contribution in [0.15, 0.2) is 24.3 Å². The maximum absolute atomic E-state index is 11.3. The summed E-state index contributed by atoms with van der Waals surface area (Å²) < 4.78 is 10.3. The van der Waals surface area contributed by atoms with Gasteiger partial charge in [0.25, 0.3) is 0 Å². The molecule has 0 heterocycles. The van der Waals surface area contributed by atoms with Crippen LogP contribution in [0, 0.1) is 5.92 Å². The van der Waals surface area contributed by atoms with E-state index in [0.717, 1.165) is 12.2 Å². The average molecular weight is 234 g/mol. The van der Waals surface area contributed by atoms with Crippen LogP contribution in [0.5, 0.6) is 5.75 Å². The van der Waals surface area contributed by atoms with E-state index in [9.17, 15) is 4.79 Å². The van der Waals surface area contributed by atoms with Gasteiger partial charge in [-0.2, -0.15) is 0 Å². The third kappa shape index (κ3) is 2.78. The van der Waals surface area contributed by atoms with Crippen LogP contribution < -0.4 is 4.74 Å². The summed E-state index contributed by atoms with van der Waals surface area (Å²) in [5.74, 6) is 1.16. The van der Waals surface area contributed by atoms with Gasteiger partial charge in [0.1, 0.15) is 5.75 Å². The Bertz CT molecular complexity index is 394. The van der Waals surface area contributed by atoms with Gasteiger partial charge in [0.05, 0.1) is 19.1 Å². The van der Waals surface area contributed by atoms with Gasteiger partial charge >= 0.3 is 5.97 Å². The summed E-state index contributed by atoms with van der Waals surface area (Å²) in [5.41, 5.74) is 1.19. The maximum Gasteiger partial charge on any atom is 0.309 e. The summed E-state index contributed by atoms with van der Waals surface area (Å²) in [7, 11) is 1.44. The largest absolute Gasteiger partial charge is 0.491 e. The minimum atomic E-state index is -0.0995. The summed E-state index contributed by atoms with van der Waals surface area (Å²) in [6.07, 6.45) is 1.08. The van der Waals surface area contributed by atoms with Crippen LogP contribution in [-0.2, 0) is 9.53 Å². The molecule has 1 saturated carbocycles. The number of carbonyl (C=O) groups is 1. The molecule has 2 atom stereocenters. The molecular formula is C14H18O3. The van der Waals surface area contributed by atoms with Crippen molar-refractivity contribution in [2.75, 3.05) is 7.11 Å². The van der Waals surface area contributed by atoms with Crippen LogP contribution in [0.3, 0.4) is 0 Å². The molecule has 0 spiro atoms. The Morgan fingerprint density at radius 3 is 2.47 bits per heavy atom. The van der Waals surface area contributed by atoms with Gasteiger partial charge in [-0.05, 0) is 43.9 Å². The zero-order valence-electron chi connectivity index (χ0n) is 10.5. The van der Waals surface area contributed by atoms with Crippen molar-refractivity contribution in [1.82, 2.24) is 0 Å². The first-order valence-corrected chi connectivity index (χ1v) is 5.96. The molecule has 0 N–H and O–H groups in total. The third-order valence-corrected chi connectivity index (χ3v) is 2.97. The Labute approximate surface area is 102 Å². The van der Waals surface area contributed by atoms with Gasteiger partial charge in [-0.25, -0.2) is 0 Å². The highest BCUT2D eigenvalue weighted by Gasteiger charge is 2.44. The molecule has 2 rings (SSSR count). The molecular weight excluding hydrogens is 216 g/mol. The van der Waals surface area contributed by atoms with Gasteiger partial charge in [-0.15, -0.1) is 0 Å². The molecule has 0 bridgehead atoms. The van der Waals surface area contributed by atoms with Crippen LogP contribution in [0.25, 0.3) is 0 Å². The number of rotatable bonds is 4. The quantitative estimate of drug-likeness (QED) is 0.751. The Balaban J connectivity index is 1.98. The molecule has 92 valence electrons. The highest BCUT2D eigenvalue weighted by atomic mass is 16.5. The second kappa shape index (κ2) is 4.78. The first-order valence-electron chi connectivity index (χ1n) is 5.96. The van der Waals surface area contributed by atoms with Gasteiger partial charge in [0.15, 0.2) is 0 Å². The van der Waals surface area contributed by atoms with E-state index in [0.29, 0.717) is 5.92 Å². The molecule has 1 aliphatic carbocycles. The standard InChI is InChI=1S/C14H18O3/c1-9(2)17-11-6-4-10(5-7-11)12-8-13(12)14(15)16-3/h4-7,9,12-13H,8H2,1-3H3. The van der Waals surface area contributed by atoms with Crippen LogP contribution in [0.1, 0.15) is 31.7 Å². The molecule has 2 unspecified atom stereocenters. The zero-order valence-corrected chi connectivity index (χ0v) is 10.5. The van der Waals surface area contributed by atoms with Gasteiger partial charge in [-0.3, -0.25) is 4.79 Å². The van der Waals surface area contributed by atoms with Crippen molar-refractivity contribution >= 4 is 5.97 Å². The molecule has 1 fully saturated rings. The van der Waals surface area contributed by atoms with Gasteiger partial charge in [0.2, 0.25) is 0 Å². The van der Waals surface area contributed by atoms with Crippen molar-refractivity contribution in [2.45, 2.75) is 32.3 Å². The fraction of sp³-hybridized carbons (Fsp3) is 0.500. The van der Waals surface area contributed by atoms with Crippen molar-refractivity contribution < 1.29 is 14.3 Å². The van der Waals surface area contributed by atoms with Gasteiger partial charge in [0, 0.05) is 0 Å². The molecule has 0 radical (unpaired) electrons. The lowest BCUT2D eigenvalue weighted by Gasteiger charge is -2.09. The van der Waals surface area contributed by atoms with Crippen LogP contribution in [-0.4, -0.2) is 19.2 Å². The summed E-state index contributed by atoms with van der Waals surface area (Å²) in [5, 5.41) is 0. The Kier molecular flexibility index (Phi) is 3.36. The summed E-state index contributed by atoms with van der Waals surface area (Å²) >= 11 is 0. The predicted octanol–water partition coefficient (Wildman–Crippen LogP) is 2.75. The number of methoxy groups -OCH3 is 1. The molecule has 0 amide bonds. The first kappa shape index (κ1) is 12.0. The smallest absolute Gasteiger partial charge is 0.309 e. The summed E-state index contributed by atoms with van der Waals surface area (Å²) in [4.78, 5) is 11.3. The number of carbonyl (C=O) groups excluding carboxylic acids is 1. The second-order valence-electron chi connectivity index (χ2n) is 4.71. The molecule has 0 saturated heterocycles. The zero-order chi connectivity index (χ0) is 12.4. The molecule has 1 aromatic carbocycles. The van der Waals surface area contributed by atoms with Crippen LogP contribution >= 0.6 is 0 Å². The monoisotopic (exact) mass is 234 g/mol. The lowest BCUT2D eigenvalue weighted by atomic mass is 10.1. The number of esters is 1. The normalized spacial score (nSPS) is 22.4. The van der Waals surface area contributed by atoms with E-state index in [-0.39, 0.29) is 18.0 Å². The van der Waals surface area contributed by atoms with Crippen molar-refractivity contribution in [3.05, 3.63) is 29.8 Å². The van der Waals surface area contributed by atoms with Gasteiger partial charge in [-0.1, -0.05) is 12.1 Å². The predicted molar refractivity (Wildman–Crippen MR) is 65.1 cm³/mol. The number of hydrogen-bond donors (Lipinski definition) is 0.